The van der Waals surface area contributed by atoms with E-state index in [1.54, 1.807) is 0 Å². The van der Waals surface area contributed by atoms with Crippen molar-refractivity contribution in [3.63, 3.8) is 0 Å². The third-order valence-electron chi connectivity index (χ3n) is 4.03. The molecule has 0 unspecified atom stereocenters. The summed E-state index contributed by atoms with van der Waals surface area (Å²) in [5.41, 5.74) is 8.18. The second kappa shape index (κ2) is 10.2. The van der Waals surface area contributed by atoms with Crippen LogP contribution in [-0.2, 0) is 15.9 Å². The molecule has 0 aromatic heterocycles. The number of rotatable bonds is 8. The number of nitrogens with zero attached hydrogens (tertiary/aromatic N) is 1. The van der Waals surface area contributed by atoms with Crippen LogP contribution in [-0.4, -0.2) is 38.9 Å². The lowest BCUT2D eigenvalue weighted by Crippen LogP contribution is -2.23. The summed E-state index contributed by atoms with van der Waals surface area (Å²) in [5, 5.41) is 3.13. The first-order valence-corrected chi connectivity index (χ1v) is 8.59. The molecule has 0 spiro atoms. The zero-order chi connectivity index (χ0) is 16.3. The van der Waals surface area contributed by atoms with Gasteiger partial charge < -0.3 is 20.5 Å². The van der Waals surface area contributed by atoms with Crippen molar-refractivity contribution in [2.24, 2.45) is 16.6 Å². The Balaban J connectivity index is 1.59. The first-order chi connectivity index (χ1) is 11.3. The highest BCUT2D eigenvalue weighted by Gasteiger charge is 2.13. The number of aryl methyl sites for hydroxylation is 1. The predicted molar refractivity (Wildman–Crippen MR) is 94.9 cm³/mol. The van der Waals surface area contributed by atoms with E-state index in [0.29, 0.717) is 18.4 Å². The maximum atomic E-state index is 5.91. The topological polar surface area (TPSA) is 68.9 Å². The first-order valence-electron chi connectivity index (χ1n) is 8.59. The highest BCUT2D eigenvalue weighted by molar-refractivity contribution is 5.92. The molecule has 1 fully saturated rings. The van der Waals surface area contributed by atoms with E-state index in [-0.39, 0.29) is 0 Å². The molecule has 128 valence electrons. The molecule has 0 atom stereocenters. The molecule has 1 aromatic carbocycles. The van der Waals surface area contributed by atoms with Crippen molar-refractivity contribution in [2.45, 2.75) is 32.6 Å². The maximum absolute atomic E-state index is 5.91. The van der Waals surface area contributed by atoms with Gasteiger partial charge in [0.05, 0.1) is 0 Å². The standard InChI is InChI=1S/C18H29N3O2/c1-2-15-5-3-6-17(13-15)21-18(19)20-9-4-10-23-14-16-7-11-22-12-8-16/h3,5-6,13,16H,2,4,7-12,14H2,1H3,(H3,19,20,21). The van der Waals surface area contributed by atoms with Crippen molar-refractivity contribution in [3.8, 4) is 0 Å². The molecular formula is C18H29N3O2. The number of aliphatic imine (C=N–C) groups is 1. The zero-order valence-electron chi connectivity index (χ0n) is 14.1. The summed E-state index contributed by atoms with van der Waals surface area (Å²) in [6.45, 7) is 6.14. The summed E-state index contributed by atoms with van der Waals surface area (Å²) < 4.78 is 11.1. The van der Waals surface area contributed by atoms with Gasteiger partial charge in [-0.25, -0.2) is 0 Å². The number of nitrogens with one attached hydrogen (secondary N) is 1. The number of ether oxygens (including phenoxy) is 2. The molecule has 1 aliphatic heterocycles. The largest absolute Gasteiger partial charge is 0.381 e. The number of anilines is 1. The third kappa shape index (κ3) is 7.01. The SMILES string of the molecule is CCc1cccc(NC(N)=NCCCOCC2CCOCC2)c1. The number of guanidine groups is 1. The fourth-order valence-corrected chi connectivity index (χ4v) is 2.59. The second-order valence-corrected chi connectivity index (χ2v) is 5.93. The van der Waals surface area contributed by atoms with Gasteiger partial charge in [0.25, 0.3) is 0 Å². The van der Waals surface area contributed by atoms with Crippen molar-refractivity contribution in [1.29, 1.82) is 0 Å². The van der Waals surface area contributed by atoms with Crippen LogP contribution in [0, 0.1) is 5.92 Å². The van der Waals surface area contributed by atoms with Gasteiger partial charge in [0.15, 0.2) is 5.96 Å². The molecule has 23 heavy (non-hydrogen) atoms. The van der Waals surface area contributed by atoms with E-state index in [4.69, 9.17) is 15.2 Å². The highest BCUT2D eigenvalue weighted by atomic mass is 16.5. The predicted octanol–water partition coefficient (Wildman–Crippen LogP) is 2.81. The Morgan fingerprint density at radius 3 is 3.00 bits per heavy atom. The molecule has 0 amide bonds. The molecular weight excluding hydrogens is 290 g/mol. The molecule has 0 aliphatic carbocycles. The molecule has 1 heterocycles. The molecule has 2 rings (SSSR count). The number of benzene rings is 1. The Labute approximate surface area is 139 Å². The van der Waals surface area contributed by atoms with Gasteiger partial charge in [-0.15, -0.1) is 0 Å². The first kappa shape index (κ1) is 17.8. The van der Waals surface area contributed by atoms with E-state index in [9.17, 15) is 0 Å². The van der Waals surface area contributed by atoms with Crippen LogP contribution < -0.4 is 11.1 Å². The van der Waals surface area contributed by atoms with Crippen LogP contribution in [0.5, 0.6) is 0 Å². The van der Waals surface area contributed by atoms with Crippen molar-refractivity contribution in [2.75, 3.05) is 38.3 Å². The zero-order valence-corrected chi connectivity index (χ0v) is 14.1. The van der Waals surface area contributed by atoms with Crippen LogP contribution in [0.1, 0.15) is 31.7 Å². The summed E-state index contributed by atoms with van der Waals surface area (Å²) in [5.74, 6) is 1.12. The van der Waals surface area contributed by atoms with Gasteiger partial charge >= 0.3 is 0 Å². The van der Waals surface area contributed by atoms with E-state index in [0.717, 1.165) is 57.8 Å². The van der Waals surface area contributed by atoms with E-state index < -0.39 is 0 Å². The highest BCUT2D eigenvalue weighted by Crippen LogP contribution is 2.14. The van der Waals surface area contributed by atoms with E-state index >= 15 is 0 Å². The van der Waals surface area contributed by atoms with E-state index in [2.05, 4.69) is 29.4 Å². The molecule has 3 N–H and O–H groups in total. The quantitative estimate of drug-likeness (QED) is 0.439. The van der Waals surface area contributed by atoms with Crippen molar-refractivity contribution >= 4 is 11.6 Å². The van der Waals surface area contributed by atoms with Gasteiger partial charge in [0, 0.05) is 38.7 Å². The molecule has 1 saturated heterocycles. The monoisotopic (exact) mass is 319 g/mol. The molecule has 5 heteroatoms. The third-order valence-corrected chi connectivity index (χ3v) is 4.03. The summed E-state index contributed by atoms with van der Waals surface area (Å²) in [6.07, 6.45) is 4.13. The molecule has 5 nitrogen and oxygen atoms in total. The minimum absolute atomic E-state index is 0.461. The number of nitrogens with two attached hydrogens (primary N) is 1. The Morgan fingerprint density at radius 1 is 1.39 bits per heavy atom. The maximum Gasteiger partial charge on any atom is 0.193 e. The smallest absolute Gasteiger partial charge is 0.193 e. The van der Waals surface area contributed by atoms with Crippen LogP contribution in [0.4, 0.5) is 5.69 Å². The number of hydrogen-bond acceptors (Lipinski definition) is 3. The molecule has 0 bridgehead atoms. The van der Waals surface area contributed by atoms with Gasteiger partial charge in [0.1, 0.15) is 0 Å². The Hall–Kier alpha value is -1.59. The fourth-order valence-electron chi connectivity index (χ4n) is 2.59. The van der Waals surface area contributed by atoms with Gasteiger partial charge in [-0.2, -0.15) is 0 Å². The van der Waals surface area contributed by atoms with Crippen LogP contribution in [0.3, 0.4) is 0 Å². The van der Waals surface area contributed by atoms with Gasteiger partial charge in [0.2, 0.25) is 0 Å². The second-order valence-electron chi connectivity index (χ2n) is 5.93. The average Bonchev–Trinajstić information content (AvgIpc) is 2.59. The Kier molecular flexibility index (Phi) is 7.90. The normalized spacial score (nSPS) is 16.5. The minimum atomic E-state index is 0.461. The van der Waals surface area contributed by atoms with Crippen LogP contribution in [0.15, 0.2) is 29.3 Å². The summed E-state index contributed by atoms with van der Waals surface area (Å²) in [6, 6.07) is 8.23. The molecule has 1 aliphatic rings. The average molecular weight is 319 g/mol. The van der Waals surface area contributed by atoms with Crippen LogP contribution in [0.2, 0.25) is 0 Å². The van der Waals surface area contributed by atoms with Gasteiger partial charge in [-0.1, -0.05) is 19.1 Å². The summed E-state index contributed by atoms with van der Waals surface area (Å²) in [7, 11) is 0. The summed E-state index contributed by atoms with van der Waals surface area (Å²) >= 11 is 0. The van der Waals surface area contributed by atoms with Crippen molar-refractivity contribution in [3.05, 3.63) is 29.8 Å². The fraction of sp³-hybridized carbons (Fsp3) is 0.611. The van der Waals surface area contributed by atoms with E-state index in [1.165, 1.54) is 5.56 Å². The lowest BCUT2D eigenvalue weighted by Gasteiger charge is -2.21. The van der Waals surface area contributed by atoms with Crippen LogP contribution >= 0.6 is 0 Å². The lowest BCUT2D eigenvalue weighted by atomic mass is 10.0. The summed E-state index contributed by atoms with van der Waals surface area (Å²) in [4.78, 5) is 4.34. The molecule has 0 saturated carbocycles. The molecule has 0 radical (unpaired) electrons. The van der Waals surface area contributed by atoms with Crippen molar-refractivity contribution in [1.82, 2.24) is 0 Å². The molecule has 1 aromatic rings. The number of hydrogen-bond donors (Lipinski definition) is 2. The van der Waals surface area contributed by atoms with Crippen LogP contribution in [0.25, 0.3) is 0 Å². The van der Waals surface area contributed by atoms with E-state index in [1.807, 2.05) is 12.1 Å². The Morgan fingerprint density at radius 2 is 2.22 bits per heavy atom. The Bertz CT molecular complexity index is 485. The lowest BCUT2D eigenvalue weighted by molar-refractivity contribution is 0.0205. The van der Waals surface area contributed by atoms with Gasteiger partial charge in [-0.05, 0) is 49.3 Å². The minimum Gasteiger partial charge on any atom is -0.381 e. The van der Waals surface area contributed by atoms with Gasteiger partial charge in [-0.3, -0.25) is 4.99 Å². The van der Waals surface area contributed by atoms with Crippen molar-refractivity contribution < 1.29 is 9.47 Å².